The summed E-state index contributed by atoms with van der Waals surface area (Å²) in [7, 11) is 0. The largest absolute Gasteiger partial charge is 0.481 e. The molecule has 0 bridgehead atoms. The van der Waals surface area contributed by atoms with Gasteiger partial charge in [-0.05, 0) is 31.6 Å². The number of halogens is 1. The second-order valence-electron chi connectivity index (χ2n) is 5.20. The molecule has 6 heteroatoms. The molecule has 1 aliphatic rings. The van der Waals surface area contributed by atoms with Crippen LogP contribution in [0.5, 0.6) is 0 Å². The van der Waals surface area contributed by atoms with Gasteiger partial charge in [0.1, 0.15) is 6.33 Å². The van der Waals surface area contributed by atoms with Gasteiger partial charge in [-0.2, -0.15) is 0 Å². The Morgan fingerprint density at radius 2 is 2.35 bits per heavy atom. The molecule has 1 unspecified atom stereocenters. The predicted octanol–water partition coefficient (Wildman–Crippen LogP) is 2.26. The standard InChI is InChI=1S/C14H20FN3O2/c1-2-11-13(15)14(17-9-16-11)18-7-3-4-10(8-18)5-6-12(19)20/h9-10H,2-8H2,1H3,(H,19,20). The van der Waals surface area contributed by atoms with Crippen LogP contribution in [0.3, 0.4) is 0 Å². The van der Waals surface area contributed by atoms with Crippen molar-refractivity contribution in [1.82, 2.24) is 9.97 Å². The first-order valence-corrected chi connectivity index (χ1v) is 7.08. The van der Waals surface area contributed by atoms with Crippen molar-refractivity contribution in [2.75, 3.05) is 18.0 Å². The summed E-state index contributed by atoms with van der Waals surface area (Å²) in [6, 6.07) is 0. The highest BCUT2D eigenvalue weighted by atomic mass is 19.1. The number of hydrogen-bond donors (Lipinski definition) is 1. The number of hydrogen-bond acceptors (Lipinski definition) is 4. The summed E-state index contributed by atoms with van der Waals surface area (Å²) < 4.78 is 14.2. The Morgan fingerprint density at radius 1 is 1.55 bits per heavy atom. The van der Waals surface area contributed by atoms with Crippen molar-refractivity contribution < 1.29 is 14.3 Å². The van der Waals surface area contributed by atoms with Gasteiger partial charge in [-0.15, -0.1) is 0 Å². The maximum Gasteiger partial charge on any atom is 0.303 e. The third kappa shape index (κ3) is 3.43. The van der Waals surface area contributed by atoms with Gasteiger partial charge in [0, 0.05) is 19.5 Å². The number of piperidine rings is 1. The minimum Gasteiger partial charge on any atom is -0.481 e. The van der Waals surface area contributed by atoms with Crippen LogP contribution in [0.1, 0.15) is 38.3 Å². The van der Waals surface area contributed by atoms with Crippen LogP contribution in [-0.2, 0) is 11.2 Å². The highest BCUT2D eigenvalue weighted by Gasteiger charge is 2.24. The topological polar surface area (TPSA) is 66.3 Å². The minimum atomic E-state index is -0.774. The first-order valence-electron chi connectivity index (χ1n) is 7.08. The molecule has 2 rings (SSSR count). The van der Waals surface area contributed by atoms with Gasteiger partial charge in [-0.3, -0.25) is 4.79 Å². The van der Waals surface area contributed by atoms with Crippen LogP contribution in [0.25, 0.3) is 0 Å². The molecule has 0 saturated carbocycles. The molecule has 1 fully saturated rings. The van der Waals surface area contributed by atoms with E-state index >= 15 is 0 Å². The summed E-state index contributed by atoms with van der Waals surface area (Å²) in [4.78, 5) is 20.6. The van der Waals surface area contributed by atoms with Crippen LogP contribution in [-0.4, -0.2) is 34.1 Å². The lowest BCUT2D eigenvalue weighted by atomic mass is 9.93. The third-order valence-corrected chi connectivity index (χ3v) is 3.76. The number of aliphatic carboxylic acids is 1. The molecule has 1 atom stereocenters. The number of rotatable bonds is 5. The van der Waals surface area contributed by atoms with E-state index < -0.39 is 5.97 Å². The molecule has 5 nitrogen and oxygen atoms in total. The molecule has 20 heavy (non-hydrogen) atoms. The van der Waals surface area contributed by atoms with Gasteiger partial charge in [0.25, 0.3) is 0 Å². The van der Waals surface area contributed by atoms with Crippen molar-refractivity contribution in [2.45, 2.75) is 39.0 Å². The monoisotopic (exact) mass is 281 g/mol. The quantitative estimate of drug-likeness (QED) is 0.896. The Labute approximate surface area is 117 Å². The second kappa shape index (κ2) is 6.63. The number of carboxylic acid groups (broad SMARTS) is 1. The van der Waals surface area contributed by atoms with E-state index in [-0.39, 0.29) is 12.2 Å². The predicted molar refractivity (Wildman–Crippen MR) is 73.2 cm³/mol. The van der Waals surface area contributed by atoms with Crippen LogP contribution in [0.15, 0.2) is 6.33 Å². The third-order valence-electron chi connectivity index (χ3n) is 3.76. The van der Waals surface area contributed by atoms with E-state index in [9.17, 15) is 9.18 Å². The van der Waals surface area contributed by atoms with E-state index in [0.29, 0.717) is 36.8 Å². The molecule has 2 heterocycles. The SMILES string of the molecule is CCc1ncnc(N2CCCC(CCC(=O)O)C2)c1F. The first kappa shape index (κ1) is 14.7. The summed E-state index contributed by atoms with van der Waals surface area (Å²) in [5.41, 5.74) is 0.433. The maximum atomic E-state index is 14.2. The number of carbonyl (C=O) groups is 1. The normalized spacial score (nSPS) is 19.1. The number of aromatic nitrogens is 2. The number of nitrogens with zero attached hydrogens (tertiary/aromatic N) is 3. The van der Waals surface area contributed by atoms with Crippen LogP contribution >= 0.6 is 0 Å². The number of anilines is 1. The lowest BCUT2D eigenvalue weighted by Crippen LogP contribution is -2.37. The zero-order valence-corrected chi connectivity index (χ0v) is 11.7. The number of carboxylic acids is 1. The average molecular weight is 281 g/mol. The molecule has 0 aliphatic carbocycles. The van der Waals surface area contributed by atoms with E-state index in [1.807, 2.05) is 11.8 Å². The zero-order chi connectivity index (χ0) is 14.5. The summed E-state index contributed by atoms with van der Waals surface area (Å²) >= 11 is 0. The molecule has 1 saturated heterocycles. The highest BCUT2D eigenvalue weighted by molar-refractivity contribution is 5.66. The molecule has 1 aromatic heterocycles. The van der Waals surface area contributed by atoms with E-state index in [4.69, 9.17) is 5.11 Å². The first-order chi connectivity index (χ1) is 9.61. The Morgan fingerprint density at radius 3 is 3.05 bits per heavy atom. The van der Waals surface area contributed by atoms with Gasteiger partial charge in [-0.25, -0.2) is 14.4 Å². The van der Waals surface area contributed by atoms with Crippen LogP contribution in [0.4, 0.5) is 10.2 Å². The van der Waals surface area contributed by atoms with Gasteiger partial charge in [0.15, 0.2) is 11.6 Å². The Hall–Kier alpha value is -1.72. The Kier molecular flexibility index (Phi) is 4.87. The molecule has 0 aromatic carbocycles. The van der Waals surface area contributed by atoms with Gasteiger partial charge in [-0.1, -0.05) is 6.92 Å². The Bertz CT molecular complexity index is 481. The second-order valence-corrected chi connectivity index (χ2v) is 5.20. The van der Waals surface area contributed by atoms with E-state index in [0.717, 1.165) is 19.4 Å². The molecule has 1 aromatic rings. The molecule has 1 N–H and O–H groups in total. The zero-order valence-electron chi connectivity index (χ0n) is 11.7. The lowest BCUT2D eigenvalue weighted by molar-refractivity contribution is -0.137. The fraction of sp³-hybridized carbons (Fsp3) is 0.643. The molecule has 110 valence electrons. The van der Waals surface area contributed by atoms with E-state index in [1.165, 1.54) is 6.33 Å². The van der Waals surface area contributed by atoms with Gasteiger partial charge >= 0.3 is 5.97 Å². The van der Waals surface area contributed by atoms with E-state index in [1.54, 1.807) is 0 Å². The average Bonchev–Trinajstić information content (AvgIpc) is 2.45. The van der Waals surface area contributed by atoms with Gasteiger partial charge in [0.2, 0.25) is 0 Å². The molecule has 1 aliphatic heterocycles. The van der Waals surface area contributed by atoms with Crippen molar-refractivity contribution in [2.24, 2.45) is 5.92 Å². The molecular weight excluding hydrogens is 261 g/mol. The highest BCUT2D eigenvalue weighted by Crippen LogP contribution is 2.26. The minimum absolute atomic E-state index is 0.172. The van der Waals surface area contributed by atoms with Gasteiger partial charge < -0.3 is 10.0 Å². The van der Waals surface area contributed by atoms with Gasteiger partial charge in [0.05, 0.1) is 5.69 Å². The molecular formula is C14H20FN3O2. The molecule has 0 spiro atoms. The van der Waals surface area contributed by atoms with Crippen molar-refractivity contribution in [3.05, 3.63) is 17.8 Å². The summed E-state index contributed by atoms with van der Waals surface area (Å²) in [5, 5.41) is 8.75. The molecule has 0 amide bonds. The molecule has 0 radical (unpaired) electrons. The summed E-state index contributed by atoms with van der Waals surface area (Å²) in [6.45, 7) is 3.30. The van der Waals surface area contributed by atoms with Crippen molar-refractivity contribution in [3.63, 3.8) is 0 Å². The van der Waals surface area contributed by atoms with Crippen LogP contribution in [0.2, 0.25) is 0 Å². The van der Waals surface area contributed by atoms with Crippen LogP contribution in [0, 0.1) is 11.7 Å². The fourth-order valence-electron chi connectivity index (χ4n) is 2.68. The fourth-order valence-corrected chi connectivity index (χ4v) is 2.68. The van der Waals surface area contributed by atoms with E-state index in [2.05, 4.69) is 9.97 Å². The van der Waals surface area contributed by atoms with Crippen molar-refractivity contribution in [1.29, 1.82) is 0 Å². The van der Waals surface area contributed by atoms with Crippen molar-refractivity contribution >= 4 is 11.8 Å². The smallest absolute Gasteiger partial charge is 0.303 e. The summed E-state index contributed by atoms with van der Waals surface area (Å²) in [6.07, 6.45) is 4.69. The van der Waals surface area contributed by atoms with Crippen molar-refractivity contribution in [3.8, 4) is 0 Å². The maximum absolute atomic E-state index is 14.2. The Balaban J connectivity index is 2.07. The van der Waals surface area contributed by atoms with Crippen LogP contribution < -0.4 is 4.90 Å². The lowest BCUT2D eigenvalue weighted by Gasteiger charge is -2.33. The summed E-state index contributed by atoms with van der Waals surface area (Å²) in [5.74, 6) is -0.464. The number of aryl methyl sites for hydroxylation is 1.